The number of hydrazone groups is 1. The Balaban J connectivity index is 1.39. The van der Waals surface area contributed by atoms with Crippen LogP contribution in [0, 0.1) is 10.1 Å². The van der Waals surface area contributed by atoms with E-state index in [9.17, 15) is 24.8 Å². The van der Waals surface area contributed by atoms with Gasteiger partial charge in [0.05, 0.1) is 36.5 Å². The third-order valence-corrected chi connectivity index (χ3v) is 6.80. The zero-order valence-electron chi connectivity index (χ0n) is 23.3. The van der Waals surface area contributed by atoms with Crippen LogP contribution in [0.15, 0.2) is 73.8 Å². The van der Waals surface area contributed by atoms with Crippen LogP contribution in [0.25, 0.3) is 11.3 Å². The molecule has 0 saturated heterocycles. The molecule has 226 valence electrons. The van der Waals surface area contributed by atoms with E-state index in [0.29, 0.717) is 50.9 Å². The molecule has 4 rings (SSSR count). The van der Waals surface area contributed by atoms with E-state index in [4.69, 9.17) is 18.6 Å². The molecule has 2 amide bonds. The van der Waals surface area contributed by atoms with E-state index in [1.807, 2.05) is 0 Å². The average Bonchev–Trinajstić information content (AvgIpc) is 3.44. The number of ether oxygens (including phenoxy) is 3. The summed E-state index contributed by atoms with van der Waals surface area (Å²) in [5, 5.41) is 30.6. The minimum absolute atomic E-state index is 0.0519. The number of aliphatic hydroxyl groups is 1. The van der Waals surface area contributed by atoms with Crippen LogP contribution in [0.3, 0.4) is 0 Å². The topological polar surface area (TPSA) is 187 Å². The Labute approximate surface area is 254 Å². The number of amides is 2. The average molecular weight is 658 g/mol. The van der Waals surface area contributed by atoms with Crippen LogP contribution in [0.5, 0.6) is 11.5 Å². The highest BCUT2D eigenvalue weighted by Gasteiger charge is 2.32. The Morgan fingerprint density at radius 1 is 1.23 bits per heavy atom. The van der Waals surface area contributed by atoms with Crippen molar-refractivity contribution < 1.29 is 38.2 Å². The van der Waals surface area contributed by atoms with Crippen molar-refractivity contribution in [2.24, 2.45) is 5.10 Å². The summed E-state index contributed by atoms with van der Waals surface area (Å²) in [6, 6.07) is 11.3. The predicted molar refractivity (Wildman–Crippen MR) is 157 cm³/mol. The molecule has 3 aromatic rings. The normalized spacial score (nSPS) is 15.5. The number of rotatable bonds is 12. The van der Waals surface area contributed by atoms with Gasteiger partial charge in [0.1, 0.15) is 18.1 Å². The first kappa shape index (κ1) is 31.1. The van der Waals surface area contributed by atoms with Crippen LogP contribution in [-0.2, 0) is 9.53 Å². The maximum absolute atomic E-state index is 12.4. The van der Waals surface area contributed by atoms with E-state index < -0.39 is 29.2 Å². The molecule has 0 spiro atoms. The molecule has 15 heteroatoms. The van der Waals surface area contributed by atoms with Gasteiger partial charge in [0.2, 0.25) is 0 Å². The predicted octanol–water partition coefficient (Wildman–Crippen LogP) is 4.14. The fourth-order valence-electron chi connectivity index (χ4n) is 4.19. The number of aliphatic hydroxyl groups excluding tert-OH is 1. The number of urea groups is 1. The van der Waals surface area contributed by atoms with Gasteiger partial charge in [-0.25, -0.2) is 9.59 Å². The number of furan rings is 1. The van der Waals surface area contributed by atoms with E-state index in [0.717, 1.165) is 0 Å². The minimum atomic E-state index is -1.20. The van der Waals surface area contributed by atoms with Crippen LogP contribution < -0.4 is 25.5 Å². The number of hydrogen-bond donors (Lipinski definition) is 4. The zero-order chi connectivity index (χ0) is 31.1. The van der Waals surface area contributed by atoms with Gasteiger partial charge in [0.25, 0.3) is 5.69 Å². The first-order chi connectivity index (χ1) is 20.6. The molecule has 2 heterocycles. The number of esters is 1. The van der Waals surface area contributed by atoms with Crippen LogP contribution >= 0.6 is 15.9 Å². The molecule has 1 aromatic heterocycles. The first-order valence-electron chi connectivity index (χ1n) is 12.9. The lowest BCUT2D eigenvalue weighted by molar-refractivity contribution is -0.384. The molecule has 1 aliphatic rings. The SMILES string of the molecule is CCOc1cc([C@H]2NC(=O)NC(C)=C2C(=O)OC)ccc1OC[C@@H](O)N/N=C/c1ccc(-c2ccc([N+](=O)[O-])cc2Br)o1. The Morgan fingerprint density at radius 2 is 2.02 bits per heavy atom. The van der Waals surface area contributed by atoms with Crippen molar-refractivity contribution in [2.45, 2.75) is 26.1 Å². The van der Waals surface area contributed by atoms with E-state index in [2.05, 4.69) is 37.1 Å². The summed E-state index contributed by atoms with van der Waals surface area (Å²) >= 11 is 3.32. The summed E-state index contributed by atoms with van der Waals surface area (Å²) < 4.78 is 22.6. The summed E-state index contributed by atoms with van der Waals surface area (Å²) in [7, 11) is 1.26. The van der Waals surface area contributed by atoms with Gasteiger partial charge in [-0.2, -0.15) is 5.10 Å². The number of benzene rings is 2. The Hall–Kier alpha value is -4.89. The Morgan fingerprint density at radius 3 is 2.72 bits per heavy atom. The molecule has 0 aliphatic carbocycles. The molecule has 4 N–H and O–H groups in total. The number of non-ortho nitro benzene ring substituents is 1. The highest BCUT2D eigenvalue weighted by atomic mass is 79.9. The molecule has 2 atom stereocenters. The molecule has 0 saturated carbocycles. The number of hydrogen-bond acceptors (Lipinski definition) is 11. The number of carbonyl (C=O) groups excluding carboxylic acids is 2. The van der Waals surface area contributed by atoms with Gasteiger partial charge < -0.3 is 34.4 Å². The highest BCUT2D eigenvalue weighted by molar-refractivity contribution is 9.10. The van der Waals surface area contributed by atoms with E-state index >= 15 is 0 Å². The molecule has 0 radical (unpaired) electrons. The molecular formula is C28H28BrN5O9. The van der Waals surface area contributed by atoms with E-state index in [1.54, 1.807) is 50.2 Å². The molecular weight excluding hydrogens is 630 g/mol. The van der Waals surface area contributed by atoms with Crippen molar-refractivity contribution >= 4 is 39.8 Å². The lowest BCUT2D eigenvalue weighted by Crippen LogP contribution is -2.45. The molecule has 14 nitrogen and oxygen atoms in total. The van der Waals surface area contributed by atoms with Gasteiger partial charge in [-0.05, 0) is 65.7 Å². The second-order valence-electron chi connectivity index (χ2n) is 9.04. The van der Waals surface area contributed by atoms with Crippen molar-refractivity contribution in [1.29, 1.82) is 0 Å². The van der Waals surface area contributed by atoms with Gasteiger partial charge in [-0.1, -0.05) is 6.07 Å². The summed E-state index contributed by atoms with van der Waals surface area (Å²) in [6.07, 6.45) is 0.151. The minimum Gasteiger partial charge on any atom is -0.490 e. The molecule has 1 aliphatic heterocycles. The third-order valence-electron chi connectivity index (χ3n) is 6.14. The number of nitro groups is 1. The third kappa shape index (κ3) is 7.50. The number of nitro benzene ring substituents is 1. The fraction of sp³-hybridized carbons (Fsp3) is 0.250. The van der Waals surface area contributed by atoms with Crippen LogP contribution in [0.2, 0.25) is 0 Å². The number of allylic oxidation sites excluding steroid dienone is 1. The Bertz CT molecular complexity index is 1590. The second-order valence-corrected chi connectivity index (χ2v) is 9.89. The zero-order valence-corrected chi connectivity index (χ0v) is 24.8. The summed E-state index contributed by atoms with van der Waals surface area (Å²) in [5.74, 6) is 0.905. The van der Waals surface area contributed by atoms with Crippen LogP contribution in [-0.4, -0.2) is 54.8 Å². The standard InChI is InChI=1S/C28H28BrN5O9/c1-4-41-23-11-16(26-25(27(36)40-3)15(2)31-28(37)32-26)5-9-22(23)42-14-24(35)33-30-13-18-7-10-21(43-18)19-8-6-17(34(38)39)12-20(19)29/h5-13,24,26,33,35H,4,14H2,1-3H3,(H2,31,32,37)/b30-13+/t24-,26-/m1/s1. The van der Waals surface area contributed by atoms with Crippen molar-refractivity contribution in [2.75, 3.05) is 20.3 Å². The van der Waals surface area contributed by atoms with Crippen molar-refractivity contribution in [1.82, 2.24) is 16.1 Å². The fourth-order valence-corrected chi connectivity index (χ4v) is 4.76. The van der Waals surface area contributed by atoms with Crippen molar-refractivity contribution in [3.63, 3.8) is 0 Å². The Kier molecular flexibility index (Phi) is 10.0. The molecule has 0 fully saturated rings. The lowest BCUT2D eigenvalue weighted by Gasteiger charge is -2.28. The monoisotopic (exact) mass is 657 g/mol. The summed E-state index contributed by atoms with van der Waals surface area (Å²) in [5.41, 5.74) is 4.29. The summed E-state index contributed by atoms with van der Waals surface area (Å²) in [6.45, 7) is 3.51. The maximum atomic E-state index is 12.4. The second kappa shape index (κ2) is 13.8. The first-order valence-corrected chi connectivity index (χ1v) is 13.7. The van der Waals surface area contributed by atoms with E-state index in [-0.39, 0.29) is 17.9 Å². The van der Waals surface area contributed by atoms with Gasteiger partial charge in [-0.15, -0.1) is 0 Å². The number of nitrogens with zero attached hydrogens (tertiary/aromatic N) is 2. The number of nitrogens with one attached hydrogen (secondary N) is 3. The molecule has 0 bridgehead atoms. The van der Waals surface area contributed by atoms with Gasteiger partial charge in [-0.3, -0.25) is 15.5 Å². The van der Waals surface area contributed by atoms with Crippen LogP contribution in [0.4, 0.5) is 10.5 Å². The van der Waals surface area contributed by atoms with E-state index in [1.165, 1.54) is 25.5 Å². The smallest absolute Gasteiger partial charge is 0.337 e. The van der Waals surface area contributed by atoms with Crippen LogP contribution in [0.1, 0.15) is 31.2 Å². The molecule has 43 heavy (non-hydrogen) atoms. The molecule has 2 aromatic carbocycles. The van der Waals surface area contributed by atoms with Gasteiger partial charge >= 0.3 is 12.0 Å². The summed E-state index contributed by atoms with van der Waals surface area (Å²) in [4.78, 5) is 35.0. The van der Waals surface area contributed by atoms with Crippen molar-refractivity contribution in [3.05, 3.63) is 85.7 Å². The molecule has 0 unspecified atom stereocenters. The lowest BCUT2D eigenvalue weighted by atomic mass is 9.95. The van der Waals surface area contributed by atoms with Crippen molar-refractivity contribution in [3.8, 4) is 22.8 Å². The highest BCUT2D eigenvalue weighted by Crippen LogP contribution is 2.35. The number of halogens is 1. The number of carbonyl (C=O) groups is 2. The quantitative estimate of drug-likeness (QED) is 0.0725. The largest absolute Gasteiger partial charge is 0.490 e. The van der Waals surface area contributed by atoms with Gasteiger partial charge in [0, 0.05) is 27.9 Å². The van der Waals surface area contributed by atoms with Gasteiger partial charge in [0.15, 0.2) is 17.7 Å². The maximum Gasteiger partial charge on any atom is 0.337 e. The number of methoxy groups -OCH3 is 1.